The van der Waals surface area contributed by atoms with E-state index in [0.29, 0.717) is 19.6 Å². The number of hydrogen-bond acceptors (Lipinski definition) is 3. The Morgan fingerprint density at radius 2 is 1.84 bits per heavy atom. The second-order valence-corrected chi connectivity index (χ2v) is 5.17. The molecule has 0 radical (unpaired) electrons. The molecule has 0 aromatic heterocycles. The molecule has 0 aromatic carbocycles. The van der Waals surface area contributed by atoms with E-state index in [9.17, 15) is 4.79 Å². The van der Waals surface area contributed by atoms with E-state index in [0.717, 1.165) is 44.8 Å². The summed E-state index contributed by atoms with van der Waals surface area (Å²) in [7, 11) is 0. The number of nitrogens with zero attached hydrogens (tertiary/aromatic N) is 2. The smallest absolute Gasteiger partial charge is 0.237 e. The summed E-state index contributed by atoms with van der Waals surface area (Å²) in [6, 6.07) is 0. The minimum atomic E-state index is 0.164. The van der Waals surface area contributed by atoms with Gasteiger partial charge in [-0.05, 0) is 44.8 Å². The summed E-state index contributed by atoms with van der Waals surface area (Å²) in [5.41, 5.74) is 5.59. The zero-order chi connectivity index (χ0) is 14.1. The van der Waals surface area contributed by atoms with E-state index in [1.165, 1.54) is 0 Å². The molecular formula is C15H27N3O. The van der Waals surface area contributed by atoms with Gasteiger partial charge in [-0.25, -0.2) is 0 Å². The highest BCUT2D eigenvalue weighted by atomic mass is 16.2. The van der Waals surface area contributed by atoms with Crippen LogP contribution in [0.2, 0.25) is 0 Å². The average molecular weight is 265 g/mol. The van der Waals surface area contributed by atoms with E-state index >= 15 is 0 Å². The maximum absolute atomic E-state index is 12.2. The monoisotopic (exact) mass is 265 g/mol. The normalized spacial score (nSPS) is 17.1. The first-order valence-corrected chi connectivity index (χ1v) is 7.13. The van der Waals surface area contributed by atoms with Crippen LogP contribution in [0.4, 0.5) is 0 Å². The third kappa shape index (κ3) is 5.57. The van der Waals surface area contributed by atoms with Crippen LogP contribution in [0, 0.1) is 5.92 Å². The van der Waals surface area contributed by atoms with Crippen LogP contribution in [0.1, 0.15) is 19.3 Å². The Labute approximate surface area is 116 Å². The lowest BCUT2D eigenvalue weighted by atomic mass is 9.94. The fourth-order valence-electron chi connectivity index (χ4n) is 2.55. The lowest BCUT2D eigenvalue weighted by Crippen LogP contribution is -2.43. The van der Waals surface area contributed by atoms with Gasteiger partial charge in [0.05, 0.1) is 6.54 Å². The van der Waals surface area contributed by atoms with Crippen molar-refractivity contribution in [1.29, 1.82) is 0 Å². The Morgan fingerprint density at radius 3 is 2.32 bits per heavy atom. The predicted octanol–water partition coefficient (Wildman–Crippen LogP) is 1.25. The van der Waals surface area contributed by atoms with Crippen LogP contribution in [0.3, 0.4) is 0 Å². The number of nitrogens with two attached hydrogens (primary N) is 1. The second-order valence-electron chi connectivity index (χ2n) is 5.17. The Hall–Kier alpha value is -1.13. The van der Waals surface area contributed by atoms with Crippen molar-refractivity contribution >= 4 is 5.91 Å². The number of amides is 1. The predicted molar refractivity (Wildman–Crippen MR) is 79.8 cm³/mol. The van der Waals surface area contributed by atoms with Crippen molar-refractivity contribution in [3.8, 4) is 0 Å². The minimum absolute atomic E-state index is 0.164. The Balaban J connectivity index is 2.36. The third-order valence-electron chi connectivity index (χ3n) is 3.69. The van der Waals surface area contributed by atoms with Crippen LogP contribution >= 0.6 is 0 Å². The van der Waals surface area contributed by atoms with Crippen molar-refractivity contribution in [2.24, 2.45) is 11.7 Å². The van der Waals surface area contributed by atoms with Crippen LogP contribution in [-0.2, 0) is 4.79 Å². The molecule has 19 heavy (non-hydrogen) atoms. The van der Waals surface area contributed by atoms with Gasteiger partial charge in [0.15, 0.2) is 0 Å². The van der Waals surface area contributed by atoms with E-state index in [2.05, 4.69) is 18.1 Å². The largest absolute Gasteiger partial charge is 0.334 e. The minimum Gasteiger partial charge on any atom is -0.334 e. The Kier molecular flexibility index (Phi) is 7.45. The van der Waals surface area contributed by atoms with Gasteiger partial charge in [-0.2, -0.15) is 0 Å². The highest BCUT2D eigenvalue weighted by molar-refractivity contribution is 5.78. The molecule has 1 saturated heterocycles. The summed E-state index contributed by atoms with van der Waals surface area (Å²) in [4.78, 5) is 16.2. The highest BCUT2D eigenvalue weighted by Crippen LogP contribution is 2.19. The molecule has 4 nitrogen and oxygen atoms in total. The maximum Gasteiger partial charge on any atom is 0.237 e. The van der Waals surface area contributed by atoms with Gasteiger partial charge in [-0.3, -0.25) is 9.69 Å². The summed E-state index contributed by atoms with van der Waals surface area (Å²) in [6.07, 6.45) is 6.95. The summed E-state index contributed by atoms with van der Waals surface area (Å²) in [5.74, 6) is 0.908. The fourth-order valence-corrected chi connectivity index (χ4v) is 2.55. The maximum atomic E-state index is 12.2. The average Bonchev–Trinajstić information content (AvgIpc) is 2.41. The zero-order valence-electron chi connectivity index (χ0n) is 11.9. The van der Waals surface area contributed by atoms with Gasteiger partial charge in [-0.15, -0.1) is 13.2 Å². The van der Waals surface area contributed by atoms with Crippen molar-refractivity contribution in [2.75, 3.05) is 39.3 Å². The lowest BCUT2D eigenvalue weighted by Gasteiger charge is -2.32. The fraction of sp³-hybridized carbons (Fsp3) is 0.667. The van der Waals surface area contributed by atoms with Gasteiger partial charge in [0.25, 0.3) is 0 Å². The molecule has 1 heterocycles. The van der Waals surface area contributed by atoms with Crippen LogP contribution in [0.5, 0.6) is 0 Å². The molecule has 0 saturated carbocycles. The number of carbonyl (C=O) groups excluding carboxylic acids is 1. The van der Waals surface area contributed by atoms with Crippen molar-refractivity contribution in [3.63, 3.8) is 0 Å². The SMILES string of the molecule is C=CCN(CC=C)C(=O)CN1CCC(CCN)CC1. The van der Waals surface area contributed by atoms with Crippen LogP contribution < -0.4 is 5.73 Å². The summed E-state index contributed by atoms with van der Waals surface area (Å²) < 4.78 is 0. The summed E-state index contributed by atoms with van der Waals surface area (Å²) in [5, 5.41) is 0. The molecule has 1 fully saturated rings. The summed E-state index contributed by atoms with van der Waals surface area (Å²) >= 11 is 0. The van der Waals surface area contributed by atoms with Crippen LogP contribution in [0.15, 0.2) is 25.3 Å². The number of carbonyl (C=O) groups is 1. The summed E-state index contributed by atoms with van der Waals surface area (Å²) in [6.45, 7) is 11.9. The molecule has 1 rings (SSSR count). The molecule has 0 unspecified atom stereocenters. The van der Waals surface area contributed by atoms with E-state index in [1.807, 2.05) is 0 Å². The lowest BCUT2D eigenvalue weighted by molar-refractivity contribution is -0.131. The quantitative estimate of drug-likeness (QED) is 0.672. The molecule has 0 spiro atoms. The third-order valence-corrected chi connectivity index (χ3v) is 3.69. The van der Waals surface area contributed by atoms with Gasteiger partial charge in [0.1, 0.15) is 0 Å². The van der Waals surface area contributed by atoms with Crippen LogP contribution in [-0.4, -0.2) is 55.0 Å². The molecular weight excluding hydrogens is 238 g/mol. The highest BCUT2D eigenvalue weighted by Gasteiger charge is 2.21. The van der Waals surface area contributed by atoms with Crippen molar-refractivity contribution in [3.05, 3.63) is 25.3 Å². The first kappa shape index (κ1) is 15.9. The molecule has 1 aliphatic rings. The molecule has 0 bridgehead atoms. The molecule has 0 aromatic rings. The molecule has 1 amide bonds. The second kappa shape index (κ2) is 8.88. The first-order valence-electron chi connectivity index (χ1n) is 7.13. The standard InChI is InChI=1S/C15H27N3O/c1-3-9-18(10-4-2)15(19)13-17-11-6-14(5-8-16)7-12-17/h3-4,14H,1-2,5-13,16H2. The van der Waals surface area contributed by atoms with Gasteiger partial charge in [0.2, 0.25) is 5.91 Å². The number of likely N-dealkylation sites (tertiary alicyclic amines) is 1. The van der Waals surface area contributed by atoms with Gasteiger partial charge >= 0.3 is 0 Å². The van der Waals surface area contributed by atoms with Gasteiger partial charge < -0.3 is 10.6 Å². The first-order chi connectivity index (χ1) is 9.21. The number of hydrogen-bond donors (Lipinski definition) is 1. The van der Waals surface area contributed by atoms with Crippen LogP contribution in [0.25, 0.3) is 0 Å². The molecule has 0 atom stereocenters. The molecule has 4 heteroatoms. The molecule has 108 valence electrons. The van der Waals surface area contributed by atoms with Gasteiger partial charge in [0, 0.05) is 13.1 Å². The Morgan fingerprint density at radius 1 is 1.26 bits per heavy atom. The van der Waals surface area contributed by atoms with Gasteiger partial charge in [-0.1, -0.05) is 12.2 Å². The number of rotatable bonds is 8. The number of piperidine rings is 1. The van der Waals surface area contributed by atoms with E-state index < -0.39 is 0 Å². The van der Waals surface area contributed by atoms with Crippen molar-refractivity contribution in [1.82, 2.24) is 9.80 Å². The van der Waals surface area contributed by atoms with Crippen molar-refractivity contribution < 1.29 is 4.79 Å². The molecule has 0 aliphatic carbocycles. The topological polar surface area (TPSA) is 49.6 Å². The van der Waals surface area contributed by atoms with E-state index in [4.69, 9.17) is 5.73 Å². The molecule has 2 N–H and O–H groups in total. The Bertz CT molecular complexity index is 286. The zero-order valence-corrected chi connectivity index (χ0v) is 11.9. The van der Waals surface area contributed by atoms with Crippen molar-refractivity contribution in [2.45, 2.75) is 19.3 Å². The molecule has 1 aliphatic heterocycles. The van der Waals surface area contributed by atoms with E-state index in [1.54, 1.807) is 17.1 Å². The van der Waals surface area contributed by atoms with E-state index in [-0.39, 0.29) is 5.91 Å².